The Morgan fingerprint density at radius 1 is 1.15 bits per heavy atom. The quantitative estimate of drug-likeness (QED) is 0.708. The first-order valence-corrected chi connectivity index (χ1v) is 9.19. The lowest BCUT2D eigenvalue weighted by molar-refractivity contribution is 0.275. The van der Waals surface area contributed by atoms with Crippen molar-refractivity contribution in [3.8, 4) is 5.69 Å². The second kappa shape index (κ2) is 6.04. The highest BCUT2D eigenvalue weighted by atomic mass is 19.1. The Bertz CT molecular complexity index is 958. The number of pyridine rings is 1. The van der Waals surface area contributed by atoms with Crippen molar-refractivity contribution in [3.63, 3.8) is 0 Å². The summed E-state index contributed by atoms with van der Waals surface area (Å²) in [5, 5.41) is 5.35. The summed E-state index contributed by atoms with van der Waals surface area (Å²) >= 11 is 0. The molecular formula is C20H20F2N4. The third kappa shape index (κ3) is 2.73. The van der Waals surface area contributed by atoms with Crippen LogP contribution in [0.4, 0.5) is 14.5 Å². The number of hydrogen-bond donors (Lipinski definition) is 0. The van der Waals surface area contributed by atoms with Crippen molar-refractivity contribution in [2.75, 3.05) is 18.0 Å². The number of anilines is 1. The van der Waals surface area contributed by atoms with Gasteiger partial charge in [0.1, 0.15) is 17.7 Å². The molecule has 1 aliphatic heterocycles. The van der Waals surface area contributed by atoms with Crippen molar-refractivity contribution in [1.82, 2.24) is 14.8 Å². The molecule has 0 bridgehead atoms. The van der Waals surface area contributed by atoms with Crippen molar-refractivity contribution in [2.24, 2.45) is 5.92 Å². The molecule has 3 aromatic rings. The predicted molar refractivity (Wildman–Crippen MR) is 97.0 cm³/mol. The fourth-order valence-corrected chi connectivity index (χ4v) is 3.74. The zero-order valence-corrected chi connectivity index (χ0v) is 14.4. The van der Waals surface area contributed by atoms with Crippen LogP contribution in [-0.4, -0.2) is 34.0 Å². The second-order valence-corrected chi connectivity index (χ2v) is 7.47. The first-order valence-electron chi connectivity index (χ1n) is 9.19. The number of rotatable bonds is 4. The standard InChI is InChI=1S/C20H20F2N4/c21-16-11-25(12-16)17-4-5-18(22)19(8-17)26-10-15-7-14(6-13-2-1-3-13)9-23-20(15)24-26/h4-5,7-10,13,16H,1-3,6,11-12H2. The molecule has 1 aromatic carbocycles. The Balaban J connectivity index is 1.47. The molecule has 5 rings (SSSR count). The molecule has 2 aliphatic rings. The molecule has 2 aromatic heterocycles. The molecule has 0 spiro atoms. The number of benzene rings is 1. The second-order valence-electron chi connectivity index (χ2n) is 7.47. The van der Waals surface area contributed by atoms with E-state index in [-0.39, 0.29) is 5.82 Å². The molecule has 1 saturated carbocycles. The molecule has 6 heteroatoms. The van der Waals surface area contributed by atoms with E-state index in [1.54, 1.807) is 12.1 Å². The summed E-state index contributed by atoms with van der Waals surface area (Å²) in [5.41, 5.74) is 3.00. The van der Waals surface area contributed by atoms with Gasteiger partial charge in [-0.05, 0) is 42.2 Å². The van der Waals surface area contributed by atoms with Gasteiger partial charge in [-0.1, -0.05) is 19.3 Å². The molecule has 0 N–H and O–H groups in total. The molecule has 4 nitrogen and oxygen atoms in total. The molecule has 0 unspecified atom stereocenters. The van der Waals surface area contributed by atoms with Crippen molar-refractivity contribution in [2.45, 2.75) is 31.9 Å². The Kier molecular flexibility index (Phi) is 3.65. The molecule has 2 fully saturated rings. The number of nitrogens with zero attached hydrogens (tertiary/aromatic N) is 4. The van der Waals surface area contributed by atoms with Gasteiger partial charge in [0.05, 0.1) is 13.1 Å². The van der Waals surface area contributed by atoms with E-state index in [2.05, 4.69) is 16.1 Å². The van der Waals surface area contributed by atoms with Crippen molar-refractivity contribution in [1.29, 1.82) is 0 Å². The summed E-state index contributed by atoms with van der Waals surface area (Å²) in [6.07, 6.45) is 7.88. The van der Waals surface area contributed by atoms with E-state index >= 15 is 0 Å². The lowest BCUT2D eigenvalue weighted by Crippen LogP contribution is -2.48. The zero-order valence-electron chi connectivity index (χ0n) is 14.4. The van der Waals surface area contributed by atoms with Crippen LogP contribution in [0.5, 0.6) is 0 Å². The number of aromatic nitrogens is 3. The smallest absolute Gasteiger partial charge is 0.181 e. The fourth-order valence-electron chi connectivity index (χ4n) is 3.74. The molecule has 3 heterocycles. The van der Waals surface area contributed by atoms with Gasteiger partial charge in [0.15, 0.2) is 5.65 Å². The molecule has 1 saturated heterocycles. The fraction of sp³-hybridized carbons (Fsp3) is 0.400. The van der Waals surface area contributed by atoms with Crippen LogP contribution in [0.15, 0.2) is 36.7 Å². The van der Waals surface area contributed by atoms with Crippen LogP contribution in [0.25, 0.3) is 16.7 Å². The number of alkyl halides is 1. The molecule has 1 aliphatic carbocycles. The molecule has 0 amide bonds. The largest absolute Gasteiger partial charge is 0.365 e. The highest BCUT2D eigenvalue weighted by Crippen LogP contribution is 2.31. The predicted octanol–water partition coefficient (Wildman–Crippen LogP) is 4.06. The van der Waals surface area contributed by atoms with Crippen LogP contribution < -0.4 is 4.90 Å². The summed E-state index contributed by atoms with van der Waals surface area (Å²) in [5.74, 6) is 0.419. The van der Waals surface area contributed by atoms with E-state index in [4.69, 9.17) is 0 Å². The third-order valence-electron chi connectivity index (χ3n) is 5.54. The van der Waals surface area contributed by atoms with Crippen molar-refractivity contribution >= 4 is 16.7 Å². The number of halogens is 2. The number of hydrogen-bond acceptors (Lipinski definition) is 3. The first kappa shape index (κ1) is 15.7. The van der Waals surface area contributed by atoms with Gasteiger partial charge in [0.2, 0.25) is 0 Å². The van der Waals surface area contributed by atoms with Gasteiger partial charge in [-0.3, -0.25) is 0 Å². The monoisotopic (exact) mass is 354 g/mol. The Morgan fingerprint density at radius 2 is 2.00 bits per heavy atom. The normalized spacial score (nSPS) is 18.2. The van der Waals surface area contributed by atoms with Gasteiger partial charge in [-0.25, -0.2) is 18.4 Å². The SMILES string of the molecule is Fc1ccc(N2CC(F)C2)cc1-n1cc2cc(CC3CCC3)cnc2n1. The average molecular weight is 354 g/mol. The summed E-state index contributed by atoms with van der Waals surface area (Å²) in [6, 6.07) is 6.93. The van der Waals surface area contributed by atoms with Gasteiger partial charge in [-0.2, -0.15) is 0 Å². The van der Waals surface area contributed by atoms with E-state index in [0.29, 0.717) is 24.4 Å². The van der Waals surface area contributed by atoms with Gasteiger partial charge >= 0.3 is 0 Å². The van der Waals surface area contributed by atoms with Crippen LogP contribution in [0, 0.1) is 11.7 Å². The van der Waals surface area contributed by atoms with Gasteiger partial charge in [0.25, 0.3) is 0 Å². The summed E-state index contributed by atoms with van der Waals surface area (Å²) in [4.78, 5) is 6.34. The van der Waals surface area contributed by atoms with E-state index < -0.39 is 6.17 Å². The average Bonchev–Trinajstić information content (AvgIpc) is 2.99. The minimum absolute atomic E-state index is 0.353. The van der Waals surface area contributed by atoms with Crippen LogP contribution in [0.3, 0.4) is 0 Å². The summed E-state index contributed by atoms with van der Waals surface area (Å²) in [7, 11) is 0. The van der Waals surface area contributed by atoms with Crippen molar-refractivity contribution in [3.05, 3.63) is 48.0 Å². The highest BCUT2D eigenvalue weighted by Gasteiger charge is 2.27. The Labute approximate surface area is 150 Å². The van der Waals surface area contributed by atoms with Crippen LogP contribution in [0.1, 0.15) is 24.8 Å². The molecule has 26 heavy (non-hydrogen) atoms. The Morgan fingerprint density at radius 3 is 2.73 bits per heavy atom. The lowest BCUT2D eigenvalue weighted by Gasteiger charge is -2.36. The third-order valence-corrected chi connectivity index (χ3v) is 5.54. The minimum atomic E-state index is -0.797. The highest BCUT2D eigenvalue weighted by molar-refractivity contribution is 5.75. The van der Waals surface area contributed by atoms with Crippen molar-refractivity contribution < 1.29 is 8.78 Å². The summed E-state index contributed by atoms with van der Waals surface area (Å²) < 4.78 is 29.0. The van der Waals surface area contributed by atoms with Crippen LogP contribution in [-0.2, 0) is 6.42 Å². The molecule has 134 valence electrons. The Hall–Kier alpha value is -2.50. The molecule has 0 radical (unpaired) electrons. The maximum Gasteiger partial charge on any atom is 0.181 e. The van der Waals surface area contributed by atoms with E-state index in [0.717, 1.165) is 23.4 Å². The molecular weight excluding hydrogens is 334 g/mol. The van der Waals surface area contributed by atoms with Gasteiger partial charge in [0, 0.05) is 23.5 Å². The van der Waals surface area contributed by atoms with E-state index in [1.807, 2.05) is 17.3 Å². The maximum absolute atomic E-state index is 14.4. The van der Waals surface area contributed by atoms with Crippen LogP contribution >= 0.6 is 0 Å². The topological polar surface area (TPSA) is 34.0 Å². The maximum atomic E-state index is 14.4. The van der Waals surface area contributed by atoms with Gasteiger partial charge in [-0.15, -0.1) is 5.10 Å². The molecule has 0 atom stereocenters. The number of fused-ring (bicyclic) bond motifs is 1. The van der Waals surface area contributed by atoms with Gasteiger partial charge < -0.3 is 4.90 Å². The van der Waals surface area contributed by atoms with E-state index in [1.165, 1.54) is 35.6 Å². The van der Waals surface area contributed by atoms with E-state index in [9.17, 15) is 8.78 Å². The minimum Gasteiger partial charge on any atom is -0.365 e. The summed E-state index contributed by atoms with van der Waals surface area (Å²) in [6.45, 7) is 0.719. The zero-order chi connectivity index (χ0) is 17.7. The van der Waals surface area contributed by atoms with Crippen LogP contribution in [0.2, 0.25) is 0 Å². The lowest BCUT2D eigenvalue weighted by atomic mass is 9.81. The first-order chi connectivity index (χ1) is 12.7.